The van der Waals surface area contributed by atoms with Crippen LogP contribution in [0.5, 0.6) is 0 Å². The molecule has 0 aliphatic carbocycles. The number of aliphatic imine (C=N–C) groups is 1. The minimum Gasteiger partial charge on any atom is -0.374 e. The second kappa shape index (κ2) is 8.93. The molecule has 0 unspecified atom stereocenters. The van der Waals surface area contributed by atoms with Crippen LogP contribution in [-0.2, 0) is 4.74 Å². The lowest BCUT2D eigenvalue weighted by Crippen LogP contribution is -2.54. The molecule has 0 aromatic heterocycles. The molecule has 0 fully saturated rings. The Morgan fingerprint density at radius 2 is 1.52 bits per heavy atom. The molecule has 0 atom stereocenters. The van der Waals surface area contributed by atoms with Gasteiger partial charge in [0.25, 0.3) is 0 Å². The van der Waals surface area contributed by atoms with E-state index in [0.29, 0.717) is 12.3 Å². The molecule has 23 heavy (non-hydrogen) atoms. The highest BCUT2D eigenvalue weighted by molar-refractivity contribution is 6.41. The summed E-state index contributed by atoms with van der Waals surface area (Å²) in [5.74, 6) is 0. The van der Waals surface area contributed by atoms with E-state index in [4.69, 9.17) is 20.9 Å². The first kappa shape index (κ1) is 22.3. The van der Waals surface area contributed by atoms with Gasteiger partial charge in [-0.05, 0) is 60.8 Å². The van der Waals surface area contributed by atoms with Gasteiger partial charge in [0.1, 0.15) is 0 Å². The van der Waals surface area contributed by atoms with E-state index in [-0.39, 0.29) is 11.1 Å². The average molecular weight is 326 g/mol. The summed E-state index contributed by atoms with van der Waals surface area (Å²) < 4.78 is 6.03. The highest BCUT2D eigenvalue weighted by Gasteiger charge is 2.34. The summed E-state index contributed by atoms with van der Waals surface area (Å²) in [5.41, 5.74) is 6.82. The smallest absolute Gasteiger partial charge is 0.0799 e. The summed E-state index contributed by atoms with van der Waals surface area (Å²) in [6.45, 7) is 17.1. The zero-order valence-corrected chi connectivity index (χ0v) is 16.7. The van der Waals surface area contributed by atoms with Gasteiger partial charge in [-0.15, -0.1) is 0 Å². The molecule has 0 saturated carbocycles. The Labute approximate surface area is 143 Å². The van der Waals surface area contributed by atoms with E-state index >= 15 is 0 Å². The number of nitrogens with one attached hydrogen (secondary N) is 1. The molecular weight excluding hydrogens is 286 g/mol. The molecule has 0 saturated heterocycles. The number of rotatable bonds is 11. The molecule has 0 amide bonds. The lowest BCUT2D eigenvalue weighted by molar-refractivity contribution is -0.0661. The van der Waals surface area contributed by atoms with Crippen LogP contribution in [-0.4, -0.2) is 34.7 Å². The second-order valence-electron chi connectivity index (χ2n) is 8.18. The highest BCUT2D eigenvalue weighted by Crippen LogP contribution is 2.25. The molecule has 0 bridgehead atoms. The summed E-state index contributed by atoms with van der Waals surface area (Å²) in [5, 5.41) is 8.21. The zero-order valence-electron chi connectivity index (χ0n) is 16.7. The van der Waals surface area contributed by atoms with E-state index in [1.54, 1.807) is 0 Å². The summed E-state index contributed by atoms with van der Waals surface area (Å²) in [6, 6.07) is 0. The number of nitrogens with zero attached hydrogens (tertiary/aromatic N) is 1. The van der Waals surface area contributed by atoms with E-state index < -0.39 is 5.54 Å². The van der Waals surface area contributed by atoms with Gasteiger partial charge in [0, 0.05) is 12.1 Å². The summed E-state index contributed by atoms with van der Waals surface area (Å²) >= 11 is 0. The molecule has 4 heteroatoms. The van der Waals surface area contributed by atoms with E-state index in [0.717, 1.165) is 37.8 Å². The average Bonchev–Trinajstić information content (AvgIpc) is 2.36. The Morgan fingerprint density at radius 3 is 1.96 bits per heavy atom. The van der Waals surface area contributed by atoms with Crippen molar-refractivity contribution in [1.29, 1.82) is 5.41 Å². The molecule has 0 aliphatic rings. The van der Waals surface area contributed by atoms with Crippen LogP contribution in [0.2, 0.25) is 0 Å². The van der Waals surface area contributed by atoms with Crippen LogP contribution in [0.15, 0.2) is 4.99 Å². The molecule has 0 radical (unpaired) electrons. The van der Waals surface area contributed by atoms with Crippen molar-refractivity contribution in [2.24, 2.45) is 10.7 Å². The lowest BCUT2D eigenvalue weighted by Gasteiger charge is -2.39. The van der Waals surface area contributed by atoms with Gasteiger partial charge in [0.2, 0.25) is 0 Å². The zero-order chi connectivity index (χ0) is 18.3. The van der Waals surface area contributed by atoms with Crippen molar-refractivity contribution >= 4 is 11.4 Å². The molecule has 3 N–H and O–H groups in total. The Kier molecular flexibility index (Phi) is 8.64. The van der Waals surface area contributed by atoms with Crippen LogP contribution < -0.4 is 5.73 Å². The fourth-order valence-electron chi connectivity index (χ4n) is 2.07. The maximum Gasteiger partial charge on any atom is 0.0799 e. The normalized spacial score (nSPS) is 14.2. The third kappa shape index (κ3) is 8.07. The largest absolute Gasteiger partial charge is 0.374 e. The van der Waals surface area contributed by atoms with Crippen LogP contribution in [0.4, 0.5) is 0 Å². The van der Waals surface area contributed by atoms with Gasteiger partial charge in [0.15, 0.2) is 0 Å². The first-order chi connectivity index (χ1) is 10.4. The molecule has 0 heterocycles. The maximum atomic E-state index is 8.21. The van der Waals surface area contributed by atoms with E-state index in [1.807, 2.05) is 27.7 Å². The minimum absolute atomic E-state index is 0.223. The number of hydrogen-bond acceptors (Lipinski definition) is 4. The maximum absolute atomic E-state index is 8.21. The quantitative estimate of drug-likeness (QED) is 0.538. The van der Waals surface area contributed by atoms with Crippen LogP contribution >= 0.6 is 0 Å². The van der Waals surface area contributed by atoms with Gasteiger partial charge in [-0.25, -0.2) is 0 Å². The predicted octanol–water partition coefficient (Wildman–Crippen LogP) is 4.75. The van der Waals surface area contributed by atoms with E-state index in [2.05, 4.69) is 27.7 Å². The van der Waals surface area contributed by atoms with E-state index in [9.17, 15) is 0 Å². The molecule has 0 aromatic rings. The van der Waals surface area contributed by atoms with Crippen molar-refractivity contribution < 1.29 is 4.74 Å². The molecule has 0 aliphatic heterocycles. The monoisotopic (exact) mass is 325 g/mol. The first-order valence-electron chi connectivity index (χ1n) is 8.95. The van der Waals surface area contributed by atoms with Crippen LogP contribution in [0.25, 0.3) is 0 Å². The van der Waals surface area contributed by atoms with Crippen molar-refractivity contribution in [2.75, 3.05) is 6.61 Å². The Morgan fingerprint density at radius 1 is 1.00 bits per heavy atom. The number of ether oxygens (including phenoxy) is 1. The molecule has 4 nitrogen and oxygen atoms in total. The molecule has 0 aromatic carbocycles. The molecule has 0 rings (SSSR count). The number of nitrogens with two attached hydrogens (primary N) is 1. The fourth-order valence-corrected chi connectivity index (χ4v) is 2.07. The second-order valence-corrected chi connectivity index (χ2v) is 8.18. The minimum atomic E-state index is -0.392. The Bertz CT molecular complexity index is 403. The first-order valence-corrected chi connectivity index (χ1v) is 8.95. The molecule has 0 spiro atoms. The van der Waals surface area contributed by atoms with Crippen molar-refractivity contribution in [3.63, 3.8) is 0 Å². The van der Waals surface area contributed by atoms with Gasteiger partial charge in [-0.1, -0.05) is 26.7 Å². The third-order valence-electron chi connectivity index (χ3n) is 4.50. The van der Waals surface area contributed by atoms with Crippen LogP contribution in [0.1, 0.15) is 87.5 Å². The summed E-state index contributed by atoms with van der Waals surface area (Å²) in [7, 11) is 0. The number of hydrogen-bond donors (Lipinski definition) is 2. The van der Waals surface area contributed by atoms with Crippen molar-refractivity contribution in [1.82, 2.24) is 0 Å². The van der Waals surface area contributed by atoms with Gasteiger partial charge >= 0.3 is 0 Å². The van der Waals surface area contributed by atoms with Gasteiger partial charge < -0.3 is 15.9 Å². The van der Waals surface area contributed by atoms with Crippen molar-refractivity contribution in [3.8, 4) is 0 Å². The van der Waals surface area contributed by atoms with Crippen molar-refractivity contribution in [2.45, 2.75) is 104 Å². The topological polar surface area (TPSA) is 71.5 Å². The lowest BCUT2D eigenvalue weighted by atomic mass is 9.87. The molecule has 136 valence electrons. The van der Waals surface area contributed by atoms with Crippen LogP contribution in [0, 0.1) is 5.41 Å². The predicted molar refractivity (Wildman–Crippen MR) is 102 cm³/mol. The van der Waals surface area contributed by atoms with Gasteiger partial charge in [-0.3, -0.25) is 4.99 Å². The Balaban J connectivity index is 4.84. The highest BCUT2D eigenvalue weighted by atomic mass is 16.5. The summed E-state index contributed by atoms with van der Waals surface area (Å²) in [6.07, 6.45) is 4.51. The van der Waals surface area contributed by atoms with Gasteiger partial charge in [0.05, 0.1) is 22.6 Å². The van der Waals surface area contributed by atoms with Crippen molar-refractivity contribution in [3.05, 3.63) is 0 Å². The SMILES string of the molecule is CCCC(=N)C(CCC)=NC(C)(C)CCOC(C)(C)C(C)(C)N. The van der Waals surface area contributed by atoms with E-state index in [1.165, 1.54) is 0 Å². The Hall–Kier alpha value is -0.740. The molecular formula is C19H39N3O. The standard InChI is InChI=1S/C19H39N3O/c1-9-11-15(20)16(12-10-2)22-17(3,4)13-14-23-19(7,8)18(5,6)21/h20H,9-14,21H2,1-8H3. The fraction of sp³-hybridized carbons (Fsp3) is 0.895. The van der Waals surface area contributed by atoms with Gasteiger partial charge in [-0.2, -0.15) is 0 Å². The summed E-state index contributed by atoms with van der Waals surface area (Å²) in [4.78, 5) is 4.88. The third-order valence-corrected chi connectivity index (χ3v) is 4.50. The van der Waals surface area contributed by atoms with Crippen LogP contribution in [0.3, 0.4) is 0 Å².